The molecule has 1 aromatic heterocycles. The molecule has 0 aliphatic carbocycles. The first kappa shape index (κ1) is 10.5. The minimum atomic E-state index is -0.408. The first-order valence-corrected chi connectivity index (χ1v) is 4.84. The maximum atomic E-state index is 10.6. The third-order valence-electron chi connectivity index (χ3n) is 2.11. The zero-order valence-corrected chi connectivity index (χ0v) is 8.80. The monoisotopic (exact) mass is 226 g/mol. The minimum absolute atomic E-state index is 0.0114. The van der Waals surface area contributed by atoms with Crippen molar-refractivity contribution in [1.29, 1.82) is 0 Å². The zero-order chi connectivity index (χ0) is 11.5. The summed E-state index contributed by atoms with van der Waals surface area (Å²) in [6.45, 7) is 2.13. The highest BCUT2D eigenvalue weighted by atomic mass is 16.6. The third-order valence-corrected chi connectivity index (χ3v) is 2.11. The van der Waals surface area contributed by atoms with Gasteiger partial charge in [0.15, 0.2) is 6.61 Å². The fourth-order valence-electron chi connectivity index (χ4n) is 1.37. The molecular weight excluding hydrogens is 214 g/mol. The largest absolute Gasteiger partial charge is 0.481 e. The van der Waals surface area contributed by atoms with Gasteiger partial charge >= 0.3 is 11.8 Å². The Kier molecular flexibility index (Phi) is 2.80. The molecule has 0 saturated carbocycles. The fraction of sp³-hybridized carbons (Fsp3) is 0.400. The standard InChI is InChI=1S/C10H12NO5/c1-7(12)16-6-8-2-3-9-10(11(8)13)15-5-4-14-9/h2-3,13H,4-6H2,1H3/q+1. The molecular formula is C10H12NO5+. The molecule has 6 nitrogen and oxygen atoms in total. The van der Waals surface area contributed by atoms with Gasteiger partial charge < -0.3 is 14.2 Å². The number of carbonyl (C=O) groups excluding carboxylic acids is 1. The lowest BCUT2D eigenvalue weighted by atomic mass is 10.3. The molecule has 0 amide bonds. The normalized spacial score (nSPS) is 13.3. The van der Waals surface area contributed by atoms with E-state index >= 15 is 0 Å². The predicted molar refractivity (Wildman–Crippen MR) is 50.3 cm³/mol. The highest BCUT2D eigenvalue weighted by Crippen LogP contribution is 2.25. The molecule has 1 aliphatic heterocycles. The van der Waals surface area contributed by atoms with Crippen molar-refractivity contribution in [3.05, 3.63) is 17.8 Å². The molecule has 0 spiro atoms. The number of nitrogens with zero attached hydrogens (tertiary/aromatic N) is 1. The molecule has 0 fully saturated rings. The number of carbonyl (C=O) groups is 1. The number of rotatable bonds is 2. The molecule has 86 valence electrons. The molecule has 1 aromatic rings. The summed E-state index contributed by atoms with van der Waals surface area (Å²) in [7, 11) is 0. The van der Waals surface area contributed by atoms with Crippen LogP contribution < -0.4 is 14.2 Å². The smallest absolute Gasteiger partial charge is 0.460 e. The summed E-state index contributed by atoms with van der Waals surface area (Å²) in [4.78, 5) is 10.6. The van der Waals surface area contributed by atoms with Crippen molar-refractivity contribution < 1.29 is 28.9 Å². The summed E-state index contributed by atoms with van der Waals surface area (Å²) in [6, 6.07) is 3.27. The van der Waals surface area contributed by atoms with E-state index < -0.39 is 5.97 Å². The number of hydrogen-bond donors (Lipinski definition) is 1. The second-order valence-electron chi connectivity index (χ2n) is 3.28. The van der Waals surface area contributed by atoms with Crippen LogP contribution >= 0.6 is 0 Å². The van der Waals surface area contributed by atoms with Crippen LogP contribution in [0.2, 0.25) is 0 Å². The lowest BCUT2D eigenvalue weighted by molar-refractivity contribution is -0.912. The van der Waals surface area contributed by atoms with Gasteiger partial charge in [-0.05, 0) is 6.07 Å². The van der Waals surface area contributed by atoms with E-state index in [2.05, 4.69) is 0 Å². The summed E-state index contributed by atoms with van der Waals surface area (Å²) in [5.74, 6) is 0.297. The van der Waals surface area contributed by atoms with Crippen LogP contribution in [-0.2, 0) is 16.1 Å². The number of pyridine rings is 1. The number of fused-ring (bicyclic) bond motifs is 1. The van der Waals surface area contributed by atoms with Gasteiger partial charge in [-0.25, -0.2) is 0 Å². The Morgan fingerprint density at radius 3 is 3.00 bits per heavy atom. The van der Waals surface area contributed by atoms with Crippen LogP contribution in [0.4, 0.5) is 0 Å². The summed E-state index contributed by atoms with van der Waals surface area (Å²) in [5, 5.41) is 9.77. The molecule has 16 heavy (non-hydrogen) atoms. The second kappa shape index (κ2) is 4.26. The minimum Gasteiger partial charge on any atom is -0.481 e. The summed E-state index contributed by atoms with van der Waals surface area (Å²) < 4.78 is 16.1. The van der Waals surface area contributed by atoms with Crippen molar-refractivity contribution >= 4 is 5.97 Å². The van der Waals surface area contributed by atoms with Crippen LogP contribution in [0.5, 0.6) is 11.6 Å². The molecule has 0 unspecified atom stereocenters. The van der Waals surface area contributed by atoms with Crippen LogP contribution in [0.15, 0.2) is 12.1 Å². The number of ether oxygens (including phenoxy) is 3. The van der Waals surface area contributed by atoms with E-state index in [-0.39, 0.29) is 12.5 Å². The first-order valence-electron chi connectivity index (χ1n) is 4.84. The Morgan fingerprint density at radius 2 is 2.25 bits per heavy atom. The second-order valence-corrected chi connectivity index (χ2v) is 3.28. The first-order chi connectivity index (χ1) is 7.68. The van der Waals surface area contributed by atoms with E-state index in [1.54, 1.807) is 12.1 Å². The number of aromatic nitrogens is 1. The van der Waals surface area contributed by atoms with E-state index in [0.29, 0.717) is 24.7 Å². The van der Waals surface area contributed by atoms with Crippen molar-refractivity contribution in [3.63, 3.8) is 0 Å². The zero-order valence-electron chi connectivity index (χ0n) is 8.80. The van der Waals surface area contributed by atoms with E-state index in [4.69, 9.17) is 14.2 Å². The fourth-order valence-corrected chi connectivity index (χ4v) is 1.37. The van der Waals surface area contributed by atoms with Crippen molar-refractivity contribution in [1.82, 2.24) is 0 Å². The summed E-state index contributed by atoms with van der Waals surface area (Å²) in [5.41, 5.74) is 0.416. The molecule has 2 rings (SSSR count). The van der Waals surface area contributed by atoms with Gasteiger partial charge in [-0.1, -0.05) is 0 Å². The van der Waals surface area contributed by atoms with Crippen LogP contribution in [0, 0.1) is 0 Å². The average Bonchev–Trinajstić information content (AvgIpc) is 2.28. The van der Waals surface area contributed by atoms with Gasteiger partial charge in [0, 0.05) is 13.0 Å². The summed E-state index contributed by atoms with van der Waals surface area (Å²) >= 11 is 0. The third kappa shape index (κ3) is 2.00. The predicted octanol–water partition coefficient (Wildman–Crippen LogP) is 0.0457. The van der Waals surface area contributed by atoms with Gasteiger partial charge in [-0.2, -0.15) is 0 Å². The molecule has 1 aliphatic rings. The molecule has 0 saturated heterocycles. The molecule has 0 radical (unpaired) electrons. The lowest BCUT2D eigenvalue weighted by Crippen LogP contribution is -2.40. The van der Waals surface area contributed by atoms with Crippen molar-refractivity contribution in [2.45, 2.75) is 13.5 Å². The Hall–Kier alpha value is -1.98. The highest BCUT2D eigenvalue weighted by Gasteiger charge is 2.28. The molecule has 6 heteroatoms. The maximum absolute atomic E-state index is 10.6. The number of hydrogen-bond acceptors (Lipinski definition) is 5. The van der Waals surface area contributed by atoms with E-state index in [1.807, 2.05) is 0 Å². The van der Waals surface area contributed by atoms with Crippen molar-refractivity contribution in [3.8, 4) is 11.6 Å². The molecule has 1 N–H and O–H groups in total. The van der Waals surface area contributed by atoms with E-state index in [9.17, 15) is 10.0 Å². The van der Waals surface area contributed by atoms with Gasteiger partial charge in [-0.15, -0.1) is 0 Å². The van der Waals surface area contributed by atoms with Crippen LogP contribution in [0.3, 0.4) is 0 Å². The van der Waals surface area contributed by atoms with Gasteiger partial charge in [0.1, 0.15) is 13.2 Å². The van der Waals surface area contributed by atoms with Gasteiger partial charge in [0.25, 0.3) is 5.69 Å². The Bertz CT molecular complexity index is 418. The van der Waals surface area contributed by atoms with E-state index in [0.717, 1.165) is 4.73 Å². The van der Waals surface area contributed by atoms with Crippen molar-refractivity contribution in [2.24, 2.45) is 0 Å². The lowest BCUT2D eigenvalue weighted by Gasteiger charge is -2.14. The highest BCUT2D eigenvalue weighted by molar-refractivity contribution is 5.65. The van der Waals surface area contributed by atoms with Gasteiger partial charge in [-0.3, -0.25) is 10.0 Å². The van der Waals surface area contributed by atoms with Gasteiger partial charge in [0.05, 0.1) is 4.73 Å². The quantitative estimate of drug-likeness (QED) is 0.438. The maximum Gasteiger partial charge on any atom is 0.460 e. The molecule has 0 aromatic carbocycles. The van der Waals surface area contributed by atoms with Crippen molar-refractivity contribution in [2.75, 3.05) is 13.2 Å². The Balaban J connectivity index is 2.23. The SMILES string of the molecule is CC(=O)OCc1ccc2c([n+]1O)OCCO2. The molecule has 0 bridgehead atoms. The van der Waals surface area contributed by atoms with E-state index in [1.165, 1.54) is 6.92 Å². The summed E-state index contributed by atoms with van der Waals surface area (Å²) in [6.07, 6.45) is 0. The van der Waals surface area contributed by atoms with Gasteiger partial charge in [0.2, 0.25) is 5.75 Å². The van der Waals surface area contributed by atoms with Crippen LogP contribution in [0.1, 0.15) is 12.6 Å². The molecule has 0 atom stereocenters. The van der Waals surface area contributed by atoms with Crippen LogP contribution in [-0.4, -0.2) is 24.4 Å². The molecule has 2 heterocycles. The van der Waals surface area contributed by atoms with Crippen LogP contribution in [0.25, 0.3) is 0 Å². The number of esters is 1. The topological polar surface area (TPSA) is 68.9 Å². The Morgan fingerprint density at radius 1 is 1.50 bits per heavy atom. The Labute approximate surface area is 91.9 Å². The average molecular weight is 226 g/mol.